The first-order chi connectivity index (χ1) is 10.7. The largest absolute Gasteiger partial charge is 0.493 e. The highest BCUT2D eigenvalue weighted by molar-refractivity contribution is 9.10. The van der Waals surface area contributed by atoms with Crippen LogP contribution in [0, 0.1) is 5.92 Å². The molecule has 0 aliphatic rings. The average Bonchev–Trinajstić information content (AvgIpc) is 2.43. The van der Waals surface area contributed by atoms with Gasteiger partial charge >= 0.3 is 5.97 Å². The Balaban J connectivity index is 2.89. The molecule has 0 fully saturated rings. The number of nitrogens with one attached hydrogen (secondary N) is 1. The second-order valence-corrected chi connectivity index (χ2v) is 7.02. The van der Waals surface area contributed by atoms with Crippen LogP contribution in [0.5, 0.6) is 11.5 Å². The molecule has 0 spiro atoms. The Hall–Kier alpha value is -1.27. The number of halogens is 1. The number of methoxy groups -OCH3 is 1. The van der Waals surface area contributed by atoms with Crippen LogP contribution in [0.4, 0.5) is 0 Å². The lowest BCUT2D eigenvalue weighted by Crippen LogP contribution is -2.37. The maximum atomic E-state index is 11.3. The Morgan fingerprint density at radius 3 is 2.39 bits per heavy atom. The molecule has 0 radical (unpaired) electrons. The molecule has 1 rings (SSSR count). The van der Waals surface area contributed by atoms with E-state index in [4.69, 9.17) is 9.47 Å². The van der Waals surface area contributed by atoms with Gasteiger partial charge in [-0.1, -0.05) is 29.8 Å². The van der Waals surface area contributed by atoms with Gasteiger partial charge in [0.25, 0.3) is 0 Å². The molecule has 5 nitrogen and oxygen atoms in total. The Labute approximate surface area is 146 Å². The Morgan fingerprint density at radius 1 is 1.26 bits per heavy atom. The number of benzene rings is 1. The van der Waals surface area contributed by atoms with Crippen molar-refractivity contribution in [3.05, 3.63) is 22.2 Å². The number of aliphatic carboxylic acids is 1. The van der Waals surface area contributed by atoms with Crippen LogP contribution in [-0.2, 0) is 11.3 Å². The summed E-state index contributed by atoms with van der Waals surface area (Å²) in [4.78, 5) is 11.3. The maximum Gasteiger partial charge on any atom is 0.320 e. The SMILES string of the molecule is COc1cc(CNC(CC(C)C)C(=O)O)c(Br)cc1OC(C)C. The van der Waals surface area contributed by atoms with Crippen LogP contribution < -0.4 is 14.8 Å². The van der Waals surface area contributed by atoms with Crippen LogP contribution in [0.1, 0.15) is 39.7 Å². The van der Waals surface area contributed by atoms with Gasteiger partial charge in [-0.05, 0) is 43.9 Å². The lowest BCUT2D eigenvalue weighted by Gasteiger charge is -2.19. The fourth-order valence-electron chi connectivity index (χ4n) is 2.19. The lowest BCUT2D eigenvalue weighted by molar-refractivity contribution is -0.140. The molecule has 2 N–H and O–H groups in total. The second kappa shape index (κ2) is 9.13. The molecule has 0 bridgehead atoms. The third-order valence-electron chi connectivity index (χ3n) is 3.24. The van der Waals surface area contributed by atoms with Crippen molar-refractivity contribution in [2.24, 2.45) is 5.92 Å². The fraction of sp³-hybridized carbons (Fsp3) is 0.588. The van der Waals surface area contributed by atoms with Crippen molar-refractivity contribution in [1.29, 1.82) is 0 Å². The van der Waals surface area contributed by atoms with Crippen molar-refractivity contribution >= 4 is 21.9 Å². The molecular weight excluding hydrogens is 362 g/mol. The van der Waals surface area contributed by atoms with Gasteiger partial charge in [-0.3, -0.25) is 4.79 Å². The van der Waals surface area contributed by atoms with Crippen molar-refractivity contribution in [3.63, 3.8) is 0 Å². The molecule has 6 heteroatoms. The lowest BCUT2D eigenvalue weighted by atomic mass is 10.0. The van der Waals surface area contributed by atoms with Gasteiger partial charge in [0.05, 0.1) is 13.2 Å². The maximum absolute atomic E-state index is 11.3. The van der Waals surface area contributed by atoms with Crippen molar-refractivity contribution in [2.45, 2.75) is 52.8 Å². The van der Waals surface area contributed by atoms with Gasteiger partial charge in [0.15, 0.2) is 11.5 Å². The number of carboxylic acid groups (broad SMARTS) is 1. The minimum atomic E-state index is -0.832. The molecule has 0 aromatic heterocycles. The summed E-state index contributed by atoms with van der Waals surface area (Å²) in [6, 6.07) is 3.15. The summed E-state index contributed by atoms with van der Waals surface area (Å²) in [5.41, 5.74) is 0.924. The predicted octanol–water partition coefficient (Wildman–Crippen LogP) is 3.83. The molecule has 1 atom stereocenters. The van der Waals surface area contributed by atoms with Gasteiger partial charge in [-0.15, -0.1) is 0 Å². The number of ether oxygens (including phenoxy) is 2. The molecule has 0 aliphatic carbocycles. The summed E-state index contributed by atoms with van der Waals surface area (Å²) in [7, 11) is 1.59. The van der Waals surface area contributed by atoms with Gasteiger partial charge in [0.1, 0.15) is 6.04 Å². The molecule has 130 valence electrons. The first-order valence-electron chi connectivity index (χ1n) is 7.73. The summed E-state index contributed by atoms with van der Waals surface area (Å²) in [6.07, 6.45) is 0.626. The van der Waals surface area contributed by atoms with E-state index in [1.807, 2.05) is 39.8 Å². The highest BCUT2D eigenvalue weighted by atomic mass is 79.9. The minimum Gasteiger partial charge on any atom is -0.493 e. The number of hydrogen-bond donors (Lipinski definition) is 2. The van der Waals surface area contributed by atoms with Crippen LogP contribution >= 0.6 is 15.9 Å². The zero-order valence-electron chi connectivity index (χ0n) is 14.4. The Morgan fingerprint density at radius 2 is 1.91 bits per heavy atom. The molecule has 1 aromatic rings. The molecular formula is C17H26BrNO4. The van der Waals surface area contributed by atoms with Crippen molar-refractivity contribution < 1.29 is 19.4 Å². The Kier molecular flexibility index (Phi) is 7.85. The normalized spacial score (nSPS) is 12.5. The number of rotatable bonds is 9. The molecule has 0 aliphatic heterocycles. The molecule has 0 saturated carbocycles. The third-order valence-corrected chi connectivity index (χ3v) is 3.98. The van der Waals surface area contributed by atoms with Crippen LogP contribution in [0.3, 0.4) is 0 Å². The zero-order valence-corrected chi connectivity index (χ0v) is 15.9. The van der Waals surface area contributed by atoms with Gasteiger partial charge < -0.3 is 19.9 Å². The van der Waals surface area contributed by atoms with E-state index in [9.17, 15) is 9.90 Å². The van der Waals surface area contributed by atoms with E-state index in [0.29, 0.717) is 30.4 Å². The summed E-state index contributed by atoms with van der Waals surface area (Å²) in [6.45, 7) is 8.35. The van der Waals surface area contributed by atoms with E-state index in [-0.39, 0.29) is 6.10 Å². The van der Waals surface area contributed by atoms with Crippen molar-refractivity contribution in [2.75, 3.05) is 7.11 Å². The first-order valence-corrected chi connectivity index (χ1v) is 8.53. The standard InChI is InChI=1S/C17H26BrNO4/c1-10(2)6-14(17(20)21)19-9-12-7-15(22-5)16(8-13(12)18)23-11(3)4/h7-8,10-11,14,19H,6,9H2,1-5H3,(H,20,21). The smallest absolute Gasteiger partial charge is 0.320 e. The summed E-state index contributed by atoms with van der Waals surface area (Å²) >= 11 is 3.52. The Bertz CT molecular complexity index is 532. The third kappa shape index (κ3) is 6.39. The topological polar surface area (TPSA) is 67.8 Å². The molecule has 0 saturated heterocycles. The van der Waals surface area contributed by atoms with Gasteiger partial charge in [0.2, 0.25) is 0 Å². The number of carbonyl (C=O) groups is 1. The molecule has 23 heavy (non-hydrogen) atoms. The fourth-order valence-corrected chi connectivity index (χ4v) is 2.66. The van der Waals surface area contributed by atoms with Crippen LogP contribution in [0.2, 0.25) is 0 Å². The van der Waals surface area contributed by atoms with E-state index in [1.54, 1.807) is 7.11 Å². The van der Waals surface area contributed by atoms with E-state index in [0.717, 1.165) is 10.0 Å². The number of hydrogen-bond acceptors (Lipinski definition) is 4. The minimum absolute atomic E-state index is 0.0437. The highest BCUT2D eigenvalue weighted by Gasteiger charge is 2.19. The van der Waals surface area contributed by atoms with E-state index in [1.165, 1.54) is 0 Å². The van der Waals surface area contributed by atoms with E-state index in [2.05, 4.69) is 21.2 Å². The van der Waals surface area contributed by atoms with E-state index >= 15 is 0 Å². The zero-order chi connectivity index (χ0) is 17.6. The molecule has 0 heterocycles. The quantitative estimate of drug-likeness (QED) is 0.673. The van der Waals surface area contributed by atoms with Crippen LogP contribution in [0.15, 0.2) is 16.6 Å². The number of carboxylic acids is 1. The molecule has 1 aromatic carbocycles. The van der Waals surface area contributed by atoms with Crippen molar-refractivity contribution in [1.82, 2.24) is 5.32 Å². The molecule has 0 amide bonds. The average molecular weight is 388 g/mol. The summed E-state index contributed by atoms with van der Waals surface area (Å²) < 4.78 is 11.9. The van der Waals surface area contributed by atoms with E-state index < -0.39 is 12.0 Å². The van der Waals surface area contributed by atoms with Crippen LogP contribution in [-0.4, -0.2) is 30.3 Å². The van der Waals surface area contributed by atoms with Gasteiger partial charge in [-0.2, -0.15) is 0 Å². The molecule has 1 unspecified atom stereocenters. The highest BCUT2D eigenvalue weighted by Crippen LogP contribution is 2.34. The van der Waals surface area contributed by atoms with Crippen molar-refractivity contribution in [3.8, 4) is 11.5 Å². The summed E-state index contributed by atoms with van der Waals surface area (Å²) in [5.74, 6) is 0.773. The van der Waals surface area contributed by atoms with Gasteiger partial charge in [0, 0.05) is 11.0 Å². The summed E-state index contributed by atoms with van der Waals surface area (Å²) in [5, 5.41) is 12.4. The second-order valence-electron chi connectivity index (χ2n) is 6.16. The predicted molar refractivity (Wildman–Crippen MR) is 94.2 cm³/mol. The monoisotopic (exact) mass is 387 g/mol. The van der Waals surface area contributed by atoms with Crippen LogP contribution in [0.25, 0.3) is 0 Å². The van der Waals surface area contributed by atoms with Gasteiger partial charge in [-0.25, -0.2) is 0 Å². The first kappa shape index (κ1) is 19.8.